The van der Waals surface area contributed by atoms with Crippen LogP contribution in [0, 0.1) is 12.8 Å². The van der Waals surface area contributed by atoms with E-state index in [-0.39, 0.29) is 23.4 Å². The molecule has 2 unspecified atom stereocenters. The number of aromatic nitrogens is 2. The van der Waals surface area contributed by atoms with Gasteiger partial charge in [-0.1, -0.05) is 60.2 Å². The fourth-order valence-corrected chi connectivity index (χ4v) is 5.45. The molecule has 1 aliphatic rings. The van der Waals surface area contributed by atoms with E-state index >= 15 is 0 Å². The summed E-state index contributed by atoms with van der Waals surface area (Å²) in [5, 5.41) is 5.15. The number of fused-ring (bicyclic) bond motifs is 1. The van der Waals surface area contributed by atoms with Crippen molar-refractivity contribution in [1.82, 2.24) is 15.3 Å². The van der Waals surface area contributed by atoms with Gasteiger partial charge in [-0.3, -0.25) is 14.6 Å². The van der Waals surface area contributed by atoms with Crippen molar-refractivity contribution in [2.24, 2.45) is 5.92 Å². The van der Waals surface area contributed by atoms with E-state index in [1.54, 1.807) is 0 Å². The highest BCUT2D eigenvalue weighted by Gasteiger charge is 2.28. The van der Waals surface area contributed by atoms with Crippen molar-refractivity contribution in [3.63, 3.8) is 0 Å². The second-order valence-electron chi connectivity index (χ2n) is 9.01. The molecule has 2 aromatic carbocycles. The summed E-state index contributed by atoms with van der Waals surface area (Å²) in [6.45, 7) is 5.35. The van der Waals surface area contributed by atoms with Crippen molar-refractivity contribution in [2.45, 2.75) is 32.7 Å². The number of anilines is 1. The van der Waals surface area contributed by atoms with Crippen LogP contribution < -0.4 is 15.8 Å². The fraction of sp³-hybridized carbons (Fsp3) is 0.296. The van der Waals surface area contributed by atoms with Crippen LogP contribution in [0.25, 0.3) is 21.3 Å². The van der Waals surface area contributed by atoms with Crippen LogP contribution in [0.1, 0.15) is 36.9 Å². The number of H-pyrrole nitrogens is 1. The molecule has 34 heavy (non-hydrogen) atoms. The topological polar surface area (TPSA) is 78.1 Å². The molecule has 0 radical (unpaired) electrons. The Morgan fingerprint density at radius 1 is 1.18 bits per heavy atom. The molecule has 6 nitrogen and oxygen atoms in total. The van der Waals surface area contributed by atoms with Crippen LogP contribution in [0.5, 0.6) is 0 Å². The highest BCUT2D eigenvalue weighted by atomic mass is 32.1. The van der Waals surface area contributed by atoms with Crippen molar-refractivity contribution in [3.8, 4) is 11.1 Å². The lowest BCUT2D eigenvalue weighted by Crippen LogP contribution is -2.44. The predicted molar refractivity (Wildman–Crippen MR) is 138 cm³/mol. The van der Waals surface area contributed by atoms with E-state index in [0.717, 1.165) is 41.6 Å². The lowest BCUT2D eigenvalue weighted by molar-refractivity contribution is -0.125. The van der Waals surface area contributed by atoms with Crippen molar-refractivity contribution in [1.29, 1.82) is 0 Å². The van der Waals surface area contributed by atoms with E-state index in [4.69, 9.17) is 4.98 Å². The molecule has 2 aromatic heterocycles. The summed E-state index contributed by atoms with van der Waals surface area (Å²) in [5.74, 6) is 0.429. The first-order valence-corrected chi connectivity index (χ1v) is 12.6. The van der Waals surface area contributed by atoms with E-state index in [9.17, 15) is 9.59 Å². The zero-order valence-corrected chi connectivity index (χ0v) is 20.2. The number of carbonyl (C=O) groups is 1. The highest BCUT2D eigenvalue weighted by Crippen LogP contribution is 2.32. The fourth-order valence-electron chi connectivity index (χ4n) is 4.54. The molecule has 1 amide bonds. The Balaban J connectivity index is 1.38. The van der Waals surface area contributed by atoms with Gasteiger partial charge in [0.05, 0.1) is 17.5 Å². The van der Waals surface area contributed by atoms with Gasteiger partial charge in [-0.2, -0.15) is 0 Å². The molecule has 5 rings (SSSR count). The summed E-state index contributed by atoms with van der Waals surface area (Å²) >= 11 is 1.42. The molecule has 1 aliphatic heterocycles. The standard InChI is InChI=1S/C27H28N4O2S/c1-17-10-12-20(13-11-17)22-16-34-24-23(22)29-27(30-26(24)33)31-14-6-9-21(15-31)25(32)28-18(2)19-7-4-3-5-8-19/h3-5,7-8,10-13,16,18,21H,6,9,14-15H2,1-2H3,(H,28,32)(H,29,30,33). The van der Waals surface area contributed by atoms with Crippen LogP contribution >= 0.6 is 11.3 Å². The Morgan fingerprint density at radius 2 is 1.94 bits per heavy atom. The molecule has 4 aromatic rings. The largest absolute Gasteiger partial charge is 0.349 e. The molecule has 0 aliphatic carbocycles. The van der Waals surface area contributed by atoms with Crippen LogP contribution in [0.15, 0.2) is 64.8 Å². The van der Waals surface area contributed by atoms with Gasteiger partial charge in [0.25, 0.3) is 5.56 Å². The predicted octanol–water partition coefficient (Wildman–Crippen LogP) is 5.05. The van der Waals surface area contributed by atoms with E-state index in [0.29, 0.717) is 17.2 Å². The maximum absolute atomic E-state index is 13.0. The first-order valence-electron chi connectivity index (χ1n) is 11.7. The molecule has 1 saturated heterocycles. The number of rotatable bonds is 5. The number of hydrogen-bond acceptors (Lipinski definition) is 5. The maximum atomic E-state index is 13.0. The number of nitrogens with one attached hydrogen (secondary N) is 2. The van der Waals surface area contributed by atoms with E-state index in [2.05, 4.69) is 41.5 Å². The summed E-state index contributed by atoms with van der Waals surface area (Å²) < 4.78 is 0.627. The minimum absolute atomic E-state index is 0.0420. The third kappa shape index (κ3) is 4.48. The van der Waals surface area contributed by atoms with Crippen LogP contribution in [-0.2, 0) is 4.79 Å². The Hall–Kier alpha value is -3.45. The average Bonchev–Trinajstić information content (AvgIpc) is 3.30. The van der Waals surface area contributed by atoms with Crippen molar-refractivity contribution in [3.05, 3.63) is 81.5 Å². The minimum Gasteiger partial charge on any atom is -0.349 e. The number of amides is 1. The van der Waals surface area contributed by atoms with Crippen LogP contribution in [0.4, 0.5) is 5.95 Å². The van der Waals surface area contributed by atoms with E-state index < -0.39 is 0 Å². The van der Waals surface area contributed by atoms with Crippen LogP contribution in [0.2, 0.25) is 0 Å². The number of thiophene rings is 1. The van der Waals surface area contributed by atoms with Crippen LogP contribution in [-0.4, -0.2) is 29.0 Å². The van der Waals surface area contributed by atoms with Crippen LogP contribution in [0.3, 0.4) is 0 Å². The maximum Gasteiger partial charge on any atom is 0.270 e. The SMILES string of the molecule is Cc1ccc(-c2csc3c(=O)[nH]c(N4CCCC(C(=O)NC(C)c5ccccc5)C4)nc23)cc1. The molecular weight excluding hydrogens is 444 g/mol. The minimum atomic E-state index is -0.153. The van der Waals surface area contributed by atoms with Crippen molar-refractivity contribution in [2.75, 3.05) is 18.0 Å². The molecule has 0 spiro atoms. The van der Waals surface area contributed by atoms with Gasteiger partial charge >= 0.3 is 0 Å². The molecule has 174 valence electrons. The van der Waals surface area contributed by atoms with Gasteiger partial charge in [-0.25, -0.2) is 4.98 Å². The number of aromatic amines is 1. The van der Waals surface area contributed by atoms with Gasteiger partial charge in [0.2, 0.25) is 11.9 Å². The quantitative estimate of drug-likeness (QED) is 0.426. The molecular formula is C27H28N4O2S. The average molecular weight is 473 g/mol. The lowest BCUT2D eigenvalue weighted by atomic mass is 9.96. The summed E-state index contributed by atoms with van der Waals surface area (Å²) in [5.41, 5.74) is 4.88. The van der Waals surface area contributed by atoms with Gasteiger partial charge in [0, 0.05) is 24.0 Å². The first-order chi connectivity index (χ1) is 16.5. The normalized spacial score (nSPS) is 17.0. The smallest absolute Gasteiger partial charge is 0.270 e. The van der Waals surface area contributed by atoms with Gasteiger partial charge in [0.15, 0.2) is 0 Å². The molecule has 7 heteroatoms. The molecule has 1 fully saturated rings. The number of piperidine rings is 1. The summed E-state index contributed by atoms with van der Waals surface area (Å²) in [6, 6.07) is 18.2. The zero-order valence-electron chi connectivity index (χ0n) is 19.4. The molecule has 0 bridgehead atoms. The van der Waals surface area contributed by atoms with Crippen molar-refractivity contribution >= 4 is 33.4 Å². The summed E-state index contributed by atoms with van der Waals surface area (Å²) in [7, 11) is 0. The van der Waals surface area contributed by atoms with Gasteiger partial charge in [-0.05, 0) is 37.8 Å². The zero-order chi connectivity index (χ0) is 23.7. The summed E-state index contributed by atoms with van der Waals surface area (Å²) in [4.78, 5) is 35.8. The number of aryl methyl sites for hydroxylation is 1. The highest BCUT2D eigenvalue weighted by molar-refractivity contribution is 7.17. The molecule has 2 atom stereocenters. The Morgan fingerprint density at radius 3 is 2.71 bits per heavy atom. The van der Waals surface area contributed by atoms with Gasteiger partial charge < -0.3 is 10.2 Å². The number of benzene rings is 2. The third-order valence-corrected chi connectivity index (χ3v) is 7.49. The van der Waals surface area contributed by atoms with Gasteiger partial charge in [0.1, 0.15) is 4.70 Å². The summed E-state index contributed by atoms with van der Waals surface area (Å²) in [6.07, 6.45) is 1.69. The van der Waals surface area contributed by atoms with Crippen molar-refractivity contribution < 1.29 is 4.79 Å². The lowest BCUT2D eigenvalue weighted by Gasteiger charge is -2.33. The number of carbonyl (C=O) groups excluding carboxylic acids is 1. The Kier molecular flexibility index (Phi) is 6.20. The van der Waals surface area contributed by atoms with E-state index in [1.165, 1.54) is 16.9 Å². The van der Waals surface area contributed by atoms with E-state index in [1.807, 2.05) is 47.5 Å². The monoisotopic (exact) mass is 472 g/mol. The molecule has 3 heterocycles. The number of nitrogens with zero attached hydrogens (tertiary/aromatic N) is 2. The Labute approximate surface area is 202 Å². The van der Waals surface area contributed by atoms with Gasteiger partial charge in [-0.15, -0.1) is 11.3 Å². The second-order valence-corrected chi connectivity index (χ2v) is 9.89. The first kappa shape index (κ1) is 22.3. The second kappa shape index (κ2) is 9.43. The molecule has 0 saturated carbocycles. The Bertz CT molecular complexity index is 1360. The third-order valence-electron chi connectivity index (χ3n) is 6.53. The number of hydrogen-bond donors (Lipinski definition) is 2. The molecule has 2 N–H and O–H groups in total.